The van der Waals surface area contributed by atoms with Crippen LogP contribution in [0.2, 0.25) is 0 Å². The topological polar surface area (TPSA) is 72.9 Å². The maximum Gasteiger partial charge on any atom is 0.404 e. The molecule has 118 valence electrons. The quantitative estimate of drug-likeness (QED) is 0.874. The third-order valence-electron chi connectivity index (χ3n) is 4.43. The normalized spacial score (nSPS) is 25.6. The molecule has 0 spiro atoms. The fourth-order valence-electron chi connectivity index (χ4n) is 3.47. The highest BCUT2D eigenvalue weighted by molar-refractivity contribution is 5.78. The second-order valence-corrected chi connectivity index (χ2v) is 5.99. The summed E-state index contributed by atoms with van der Waals surface area (Å²) in [5.41, 5.74) is 1.20. The molecule has 2 fully saturated rings. The fourth-order valence-corrected chi connectivity index (χ4v) is 3.47. The van der Waals surface area contributed by atoms with Gasteiger partial charge in [-0.15, -0.1) is 0 Å². The Balaban J connectivity index is 1.70. The summed E-state index contributed by atoms with van der Waals surface area (Å²) in [7, 11) is 0. The molecule has 2 N–H and O–H groups in total. The minimum atomic E-state index is -1.02. The molecular formula is C16H21N3O3. The molecule has 2 heterocycles. The molecule has 0 radical (unpaired) electrons. The predicted octanol–water partition coefficient (Wildman–Crippen LogP) is 1.13. The number of nitrogens with zero attached hydrogens (tertiary/aromatic N) is 2. The van der Waals surface area contributed by atoms with Crippen LogP contribution in [0.5, 0.6) is 0 Å². The molecule has 2 amide bonds. The number of nitrogens with one attached hydrogen (secondary N) is 1. The smallest absolute Gasteiger partial charge is 0.404 e. The Hall–Kier alpha value is -2.08. The third-order valence-corrected chi connectivity index (χ3v) is 4.43. The van der Waals surface area contributed by atoms with Crippen molar-refractivity contribution in [3.05, 3.63) is 35.9 Å². The highest BCUT2D eigenvalue weighted by Gasteiger charge is 2.40. The minimum absolute atomic E-state index is 0.0604. The molecule has 0 aromatic heterocycles. The van der Waals surface area contributed by atoms with E-state index >= 15 is 0 Å². The predicted molar refractivity (Wildman–Crippen MR) is 81.4 cm³/mol. The number of benzene rings is 1. The molecule has 0 aliphatic carbocycles. The maximum absolute atomic E-state index is 12.0. The molecule has 0 bridgehead atoms. The van der Waals surface area contributed by atoms with Gasteiger partial charge in [0.25, 0.3) is 0 Å². The van der Waals surface area contributed by atoms with Gasteiger partial charge in [-0.05, 0) is 12.0 Å². The van der Waals surface area contributed by atoms with Gasteiger partial charge in [0.15, 0.2) is 0 Å². The summed E-state index contributed by atoms with van der Waals surface area (Å²) in [6.07, 6.45) is 0.422. The number of hydrogen-bond donors (Lipinski definition) is 2. The van der Waals surface area contributed by atoms with Crippen LogP contribution in [0, 0.1) is 0 Å². The summed E-state index contributed by atoms with van der Waals surface area (Å²) in [4.78, 5) is 27.1. The third kappa shape index (κ3) is 3.22. The molecule has 1 aromatic rings. The molecule has 6 heteroatoms. The molecule has 6 nitrogen and oxygen atoms in total. The molecule has 1 aromatic carbocycles. The first kappa shape index (κ1) is 14.8. The van der Waals surface area contributed by atoms with Crippen molar-refractivity contribution < 1.29 is 14.7 Å². The molecule has 22 heavy (non-hydrogen) atoms. The van der Waals surface area contributed by atoms with Crippen LogP contribution in [0.4, 0.5) is 4.79 Å². The lowest BCUT2D eigenvalue weighted by atomic mass is 10.1. The lowest BCUT2D eigenvalue weighted by Gasteiger charge is -2.28. The van der Waals surface area contributed by atoms with Crippen LogP contribution in [0.15, 0.2) is 30.3 Å². The van der Waals surface area contributed by atoms with Crippen molar-refractivity contribution in [1.29, 1.82) is 0 Å². The number of hydrogen-bond acceptors (Lipinski definition) is 3. The van der Waals surface area contributed by atoms with Crippen molar-refractivity contribution >= 4 is 12.0 Å². The first-order valence-electron chi connectivity index (χ1n) is 7.68. The van der Waals surface area contributed by atoms with Crippen LogP contribution in [0.1, 0.15) is 18.4 Å². The van der Waals surface area contributed by atoms with E-state index in [0.717, 1.165) is 19.5 Å². The zero-order valence-electron chi connectivity index (χ0n) is 12.4. The van der Waals surface area contributed by atoms with Crippen LogP contribution in [0.3, 0.4) is 0 Å². The van der Waals surface area contributed by atoms with E-state index in [9.17, 15) is 9.59 Å². The van der Waals surface area contributed by atoms with E-state index in [4.69, 9.17) is 5.11 Å². The van der Waals surface area contributed by atoms with Crippen LogP contribution in [0.25, 0.3) is 0 Å². The molecule has 2 aliphatic heterocycles. The van der Waals surface area contributed by atoms with Gasteiger partial charge in [-0.1, -0.05) is 30.3 Å². The van der Waals surface area contributed by atoms with Gasteiger partial charge in [-0.3, -0.25) is 9.69 Å². The summed E-state index contributed by atoms with van der Waals surface area (Å²) < 4.78 is 0. The highest BCUT2D eigenvalue weighted by Crippen LogP contribution is 2.23. The van der Waals surface area contributed by atoms with E-state index in [0.29, 0.717) is 19.5 Å². The van der Waals surface area contributed by atoms with E-state index in [-0.39, 0.29) is 18.0 Å². The number of amides is 2. The highest BCUT2D eigenvalue weighted by atomic mass is 16.4. The molecule has 2 aliphatic rings. The molecule has 2 atom stereocenters. The summed E-state index contributed by atoms with van der Waals surface area (Å²) in [5.74, 6) is 0.142. The van der Waals surface area contributed by atoms with Crippen LogP contribution in [-0.4, -0.2) is 58.6 Å². The molecule has 0 saturated carbocycles. The largest absolute Gasteiger partial charge is 0.465 e. The van der Waals surface area contributed by atoms with Gasteiger partial charge in [0.2, 0.25) is 5.91 Å². The van der Waals surface area contributed by atoms with Crippen molar-refractivity contribution in [3.63, 3.8) is 0 Å². The van der Waals surface area contributed by atoms with E-state index in [2.05, 4.69) is 22.3 Å². The van der Waals surface area contributed by atoms with Gasteiger partial charge in [0.1, 0.15) is 0 Å². The van der Waals surface area contributed by atoms with Gasteiger partial charge < -0.3 is 15.3 Å². The Morgan fingerprint density at radius 2 is 2.05 bits per heavy atom. The molecule has 0 unspecified atom stereocenters. The summed E-state index contributed by atoms with van der Waals surface area (Å²) >= 11 is 0. The van der Waals surface area contributed by atoms with Crippen molar-refractivity contribution in [3.8, 4) is 0 Å². The average Bonchev–Trinajstić information content (AvgIpc) is 3.05. The number of carbonyl (C=O) groups excluding carboxylic acids is 1. The van der Waals surface area contributed by atoms with Gasteiger partial charge >= 0.3 is 6.09 Å². The van der Waals surface area contributed by atoms with Crippen LogP contribution in [-0.2, 0) is 11.3 Å². The Labute approximate surface area is 129 Å². The maximum atomic E-state index is 12.0. The van der Waals surface area contributed by atoms with Crippen LogP contribution >= 0.6 is 0 Å². The van der Waals surface area contributed by atoms with Crippen molar-refractivity contribution in [2.75, 3.05) is 19.6 Å². The first-order valence-corrected chi connectivity index (χ1v) is 7.68. The SMILES string of the molecule is O=C(O)N[C@H]1CN(Cc2ccccc2)C[C@@H]1N1CCCC1=O. The lowest BCUT2D eigenvalue weighted by Crippen LogP contribution is -2.51. The van der Waals surface area contributed by atoms with E-state index in [1.54, 1.807) is 0 Å². The summed E-state index contributed by atoms with van der Waals surface area (Å²) in [6.45, 7) is 2.86. The standard InChI is InChI=1S/C16H21N3O3/c20-15-7-4-8-19(15)14-11-18(10-13(14)17-16(21)22)9-12-5-2-1-3-6-12/h1-3,5-6,13-14,17H,4,7-11H2,(H,21,22)/t13-,14-/m0/s1. The molecule has 2 saturated heterocycles. The zero-order valence-corrected chi connectivity index (χ0v) is 12.4. The monoisotopic (exact) mass is 303 g/mol. The zero-order chi connectivity index (χ0) is 15.5. The number of likely N-dealkylation sites (tertiary alicyclic amines) is 2. The van der Waals surface area contributed by atoms with Crippen molar-refractivity contribution in [1.82, 2.24) is 15.1 Å². The van der Waals surface area contributed by atoms with Gasteiger partial charge in [0.05, 0.1) is 12.1 Å². The van der Waals surface area contributed by atoms with Crippen LogP contribution < -0.4 is 5.32 Å². The lowest BCUT2D eigenvalue weighted by molar-refractivity contribution is -0.129. The minimum Gasteiger partial charge on any atom is -0.465 e. The Morgan fingerprint density at radius 3 is 2.68 bits per heavy atom. The van der Waals surface area contributed by atoms with E-state index in [1.165, 1.54) is 5.56 Å². The molecule has 3 rings (SSSR count). The average molecular weight is 303 g/mol. The number of carbonyl (C=O) groups is 2. The number of carboxylic acid groups (broad SMARTS) is 1. The van der Waals surface area contributed by atoms with Gasteiger partial charge in [0, 0.05) is 32.6 Å². The van der Waals surface area contributed by atoms with E-state index < -0.39 is 6.09 Å². The first-order chi connectivity index (χ1) is 10.6. The molecular weight excluding hydrogens is 282 g/mol. The second-order valence-electron chi connectivity index (χ2n) is 5.99. The van der Waals surface area contributed by atoms with Crippen molar-refractivity contribution in [2.24, 2.45) is 0 Å². The summed E-state index contributed by atoms with van der Waals surface area (Å²) in [5, 5.41) is 11.6. The summed E-state index contributed by atoms with van der Waals surface area (Å²) in [6, 6.07) is 9.83. The Morgan fingerprint density at radius 1 is 1.27 bits per heavy atom. The van der Waals surface area contributed by atoms with Gasteiger partial charge in [-0.2, -0.15) is 0 Å². The second kappa shape index (κ2) is 6.36. The van der Waals surface area contributed by atoms with Gasteiger partial charge in [-0.25, -0.2) is 4.79 Å². The van der Waals surface area contributed by atoms with E-state index in [1.807, 2.05) is 23.1 Å². The van der Waals surface area contributed by atoms with Crippen molar-refractivity contribution in [2.45, 2.75) is 31.5 Å². The Kier molecular flexibility index (Phi) is 4.29. The fraction of sp³-hybridized carbons (Fsp3) is 0.500. The number of rotatable bonds is 4. The Bertz CT molecular complexity index is 549.